The van der Waals surface area contributed by atoms with Gasteiger partial charge in [0.15, 0.2) is 11.5 Å². The summed E-state index contributed by atoms with van der Waals surface area (Å²) in [6.45, 7) is 2.29. The maximum atomic E-state index is 12.4. The number of carboxylic acid groups (broad SMARTS) is 1. The highest BCUT2D eigenvalue weighted by atomic mass is 16.5. The number of carbonyl (C=O) groups is 2. The molecule has 2 aromatic rings. The van der Waals surface area contributed by atoms with E-state index in [0.717, 1.165) is 24.8 Å². The molecule has 1 aliphatic carbocycles. The predicted molar refractivity (Wildman–Crippen MR) is 83.5 cm³/mol. The molecule has 0 atom stereocenters. The van der Waals surface area contributed by atoms with Gasteiger partial charge >= 0.3 is 5.97 Å². The summed E-state index contributed by atoms with van der Waals surface area (Å²) in [5.41, 5.74) is -0.0960. The van der Waals surface area contributed by atoms with Crippen LogP contribution in [0.4, 0.5) is 0 Å². The molecule has 0 radical (unpaired) electrons. The van der Waals surface area contributed by atoms with E-state index < -0.39 is 17.4 Å². The maximum Gasteiger partial charge on any atom is 0.329 e. The highest BCUT2D eigenvalue weighted by Gasteiger charge is 2.41. The molecule has 1 aliphatic rings. The van der Waals surface area contributed by atoms with E-state index in [1.54, 1.807) is 10.9 Å². The average molecular weight is 332 g/mol. The second-order valence-corrected chi connectivity index (χ2v) is 6.30. The van der Waals surface area contributed by atoms with Crippen LogP contribution in [0, 0.1) is 6.92 Å². The van der Waals surface area contributed by atoms with Crippen LogP contribution < -0.4 is 5.32 Å². The third-order valence-corrected chi connectivity index (χ3v) is 4.34. The van der Waals surface area contributed by atoms with Gasteiger partial charge in [0.25, 0.3) is 5.91 Å². The van der Waals surface area contributed by atoms with Crippen molar-refractivity contribution in [3.05, 3.63) is 35.5 Å². The van der Waals surface area contributed by atoms with Gasteiger partial charge in [0.1, 0.15) is 12.1 Å². The number of carbonyl (C=O) groups excluding carboxylic acids is 1. The quantitative estimate of drug-likeness (QED) is 0.863. The van der Waals surface area contributed by atoms with Crippen molar-refractivity contribution in [2.75, 3.05) is 0 Å². The summed E-state index contributed by atoms with van der Waals surface area (Å²) < 4.78 is 6.84. The molecule has 0 bridgehead atoms. The Labute approximate surface area is 138 Å². The van der Waals surface area contributed by atoms with Gasteiger partial charge in [-0.2, -0.15) is 5.10 Å². The number of amides is 1. The molecule has 8 heteroatoms. The molecule has 24 heavy (non-hydrogen) atoms. The molecule has 0 spiro atoms. The lowest BCUT2D eigenvalue weighted by Crippen LogP contribution is -2.55. The van der Waals surface area contributed by atoms with E-state index in [-0.39, 0.29) is 5.69 Å². The van der Waals surface area contributed by atoms with Crippen LogP contribution in [0.1, 0.15) is 53.9 Å². The smallest absolute Gasteiger partial charge is 0.329 e. The topological polar surface area (TPSA) is 110 Å². The van der Waals surface area contributed by atoms with Crippen molar-refractivity contribution in [3.63, 3.8) is 0 Å². The Bertz CT molecular complexity index is 743. The molecule has 2 heterocycles. The van der Waals surface area contributed by atoms with E-state index in [4.69, 9.17) is 4.52 Å². The van der Waals surface area contributed by atoms with E-state index in [2.05, 4.69) is 15.6 Å². The number of aryl methyl sites for hydroxylation is 1. The highest BCUT2D eigenvalue weighted by molar-refractivity contribution is 5.96. The number of nitrogens with zero attached hydrogens (tertiary/aromatic N) is 3. The Morgan fingerprint density at radius 2 is 2.12 bits per heavy atom. The monoisotopic (exact) mass is 332 g/mol. The lowest BCUT2D eigenvalue weighted by atomic mass is 9.81. The molecule has 1 saturated carbocycles. The molecular weight excluding hydrogens is 312 g/mol. The molecule has 2 N–H and O–H groups in total. The van der Waals surface area contributed by atoms with Crippen molar-refractivity contribution in [1.29, 1.82) is 0 Å². The second kappa shape index (κ2) is 6.46. The summed E-state index contributed by atoms with van der Waals surface area (Å²) in [6, 6.07) is 1.52. The Kier molecular flexibility index (Phi) is 4.37. The van der Waals surface area contributed by atoms with Gasteiger partial charge in [-0.15, -0.1) is 0 Å². The summed E-state index contributed by atoms with van der Waals surface area (Å²) >= 11 is 0. The molecule has 1 amide bonds. The first kappa shape index (κ1) is 16.2. The zero-order valence-corrected chi connectivity index (χ0v) is 13.5. The third kappa shape index (κ3) is 3.32. The molecule has 0 aliphatic heterocycles. The lowest BCUT2D eigenvalue weighted by Gasteiger charge is -2.33. The summed E-state index contributed by atoms with van der Waals surface area (Å²) in [5, 5.41) is 20.1. The molecule has 0 saturated heterocycles. The maximum absolute atomic E-state index is 12.4. The van der Waals surface area contributed by atoms with Crippen molar-refractivity contribution >= 4 is 11.9 Å². The number of aliphatic carboxylic acids is 1. The Morgan fingerprint density at radius 1 is 1.38 bits per heavy atom. The van der Waals surface area contributed by atoms with Crippen LogP contribution in [0.15, 0.2) is 23.0 Å². The summed E-state index contributed by atoms with van der Waals surface area (Å²) in [7, 11) is 0. The Balaban J connectivity index is 1.70. The predicted octanol–water partition coefficient (Wildman–Crippen LogP) is 1.75. The first-order valence-corrected chi connectivity index (χ1v) is 7.99. The molecule has 3 rings (SSSR count). The van der Waals surface area contributed by atoms with Crippen molar-refractivity contribution in [3.8, 4) is 0 Å². The molecular formula is C16H20N4O4. The van der Waals surface area contributed by atoms with E-state index in [0.29, 0.717) is 25.1 Å². The van der Waals surface area contributed by atoms with E-state index in [1.165, 1.54) is 6.07 Å². The van der Waals surface area contributed by atoms with E-state index in [1.807, 2.05) is 13.1 Å². The standard InChI is InChI=1S/C16H20N4O4/c1-11-8-17-20(9-11)10-12-7-13(19-24-12)14(21)18-16(15(22)23)5-3-2-4-6-16/h7-9H,2-6,10H2,1H3,(H,18,21)(H,22,23). The molecule has 0 aromatic carbocycles. The van der Waals surface area contributed by atoms with Crippen molar-refractivity contribution in [1.82, 2.24) is 20.3 Å². The van der Waals surface area contributed by atoms with Crippen LogP contribution in [-0.4, -0.2) is 37.5 Å². The third-order valence-electron chi connectivity index (χ3n) is 4.34. The fourth-order valence-corrected chi connectivity index (χ4v) is 3.04. The lowest BCUT2D eigenvalue weighted by molar-refractivity contribution is -0.145. The minimum atomic E-state index is -1.20. The average Bonchev–Trinajstić information content (AvgIpc) is 3.18. The van der Waals surface area contributed by atoms with E-state index in [9.17, 15) is 14.7 Å². The van der Waals surface area contributed by atoms with Gasteiger partial charge in [-0.05, 0) is 25.3 Å². The zero-order valence-electron chi connectivity index (χ0n) is 13.5. The van der Waals surface area contributed by atoms with Crippen molar-refractivity contribution in [2.24, 2.45) is 0 Å². The van der Waals surface area contributed by atoms with Gasteiger partial charge in [0, 0.05) is 12.3 Å². The van der Waals surface area contributed by atoms with Crippen LogP contribution in [0.5, 0.6) is 0 Å². The molecule has 2 aromatic heterocycles. The van der Waals surface area contributed by atoms with Gasteiger partial charge in [-0.1, -0.05) is 24.4 Å². The molecule has 8 nitrogen and oxygen atoms in total. The molecule has 1 fully saturated rings. The van der Waals surface area contributed by atoms with Crippen molar-refractivity contribution < 1.29 is 19.2 Å². The molecule has 128 valence electrons. The fraction of sp³-hybridized carbons (Fsp3) is 0.500. The number of rotatable bonds is 5. The first-order chi connectivity index (χ1) is 11.5. The highest BCUT2D eigenvalue weighted by Crippen LogP contribution is 2.28. The number of hydrogen-bond donors (Lipinski definition) is 2. The number of nitrogens with one attached hydrogen (secondary N) is 1. The minimum absolute atomic E-state index is 0.0834. The van der Waals surface area contributed by atoms with Crippen LogP contribution in [0.3, 0.4) is 0 Å². The van der Waals surface area contributed by atoms with Crippen molar-refractivity contribution in [2.45, 2.75) is 51.1 Å². The largest absolute Gasteiger partial charge is 0.480 e. The van der Waals surface area contributed by atoms with Crippen LogP contribution in [0.25, 0.3) is 0 Å². The summed E-state index contributed by atoms with van der Waals surface area (Å²) in [5.74, 6) is -1.03. The van der Waals surface area contributed by atoms with Crippen LogP contribution >= 0.6 is 0 Å². The van der Waals surface area contributed by atoms with Crippen LogP contribution in [-0.2, 0) is 11.3 Å². The number of hydrogen-bond acceptors (Lipinski definition) is 5. The van der Waals surface area contributed by atoms with Gasteiger partial charge in [0.2, 0.25) is 0 Å². The van der Waals surface area contributed by atoms with Gasteiger partial charge in [-0.3, -0.25) is 9.48 Å². The minimum Gasteiger partial charge on any atom is -0.480 e. The zero-order chi connectivity index (χ0) is 17.2. The number of carboxylic acids is 1. The normalized spacial score (nSPS) is 16.7. The Hall–Kier alpha value is -2.64. The summed E-state index contributed by atoms with van der Waals surface area (Å²) in [4.78, 5) is 24.0. The van der Waals surface area contributed by atoms with Gasteiger partial charge in [0.05, 0.1) is 6.20 Å². The SMILES string of the molecule is Cc1cnn(Cc2cc(C(=O)NC3(C(=O)O)CCCCC3)no2)c1. The summed E-state index contributed by atoms with van der Waals surface area (Å²) in [6.07, 6.45) is 7.01. The number of aromatic nitrogens is 3. The second-order valence-electron chi connectivity index (χ2n) is 6.30. The van der Waals surface area contributed by atoms with Gasteiger partial charge in [-0.25, -0.2) is 4.79 Å². The molecule has 0 unspecified atom stereocenters. The Morgan fingerprint density at radius 3 is 2.75 bits per heavy atom. The first-order valence-electron chi connectivity index (χ1n) is 7.99. The van der Waals surface area contributed by atoms with E-state index >= 15 is 0 Å². The fourth-order valence-electron chi connectivity index (χ4n) is 3.04. The van der Waals surface area contributed by atoms with Gasteiger partial charge < -0.3 is 14.9 Å². The van der Waals surface area contributed by atoms with Crippen LogP contribution in [0.2, 0.25) is 0 Å².